The topological polar surface area (TPSA) is 46.9 Å². The van der Waals surface area contributed by atoms with Crippen molar-refractivity contribution < 1.29 is 4.79 Å². The van der Waals surface area contributed by atoms with Gasteiger partial charge in [-0.05, 0) is 56.5 Å². The number of imidazole rings is 1. The lowest BCUT2D eigenvalue weighted by Crippen LogP contribution is -2.11. The molecule has 1 aliphatic carbocycles. The molecule has 3 aromatic rings. The molecular formula is C24H27N3OS. The molecular weight excluding hydrogens is 378 g/mol. The van der Waals surface area contributed by atoms with Crippen LogP contribution in [-0.4, -0.2) is 15.5 Å². The predicted octanol–water partition coefficient (Wildman–Crippen LogP) is 6.16. The highest BCUT2D eigenvalue weighted by atomic mass is 32.2. The molecule has 1 fully saturated rings. The molecule has 1 N–H and O–H groups in total. The van der Waals surface area contributed by atoms with E-state index in [1.807, 2.05) is 54.6 Å². The minimum atomic E-state index is -0.0848. The minimum Gasteiger partial charge on any atom is -0.322 e. The van der Waals surface area contributed by atoms with Gasteiger partial charge in [0.1, 0.15) is 0 Å². The van der Waals surface area contributed by atoms with Crippen molar-refractivity contribution in [3.63, 3.8) is 0 Å². The molecule has 0 aliphatic heterocycles. The molecule has 2 aromatic carbocycles. The van der Waals surface area contributed by atoms with Gasteiger partial charge in [-0.15, -0.1) is 0 Å². The second-order valence-electron chi connectivity index (χ2n) is 7.68. The third-order valence-electron chi connectivity index (χ3n) is 5.66. The summed E-state index contributed by atoms with van der Waals surface area (Å²) >= 11 is 1.79. The van der Waals surface area contributed by atoms with Crippen molar-refractivity contribution in [2.24, 2.45) is 0 Å². The Balaban J connectivity index is 1.41. The van der Waals surface area contributed by atoms with Crippen molar-refractivity contribution in [3.8, 4) is 0 Å². The van der Waals surface area contributed by atoms with Gasteiger partial charge in [0.05, 0.1) is 5.69 Å². The van der Waals surface area contributed by atoms with Gasteiger partial charge in [-0.2, -0.15) is 0 Å². The molecule has 0 saturated heterocycles. The molecule has 1 amide bonds. The van der Waals surface area contributed by atoms with Crippen molar-refractivity contribution in [2.75, 3.05) is 5.32 Å². The third-order valence-corrected chi connectivity index (χ3v) is 6.68. The Hall–Kier alpha value is -2.53. The number of para-hydroxylation sites is 1. The Morgan fingerprint density at radius 1 is 1.07 bits per heavy atom. The van der Waals surface area contributed by atoms with E-state index in [1.54, 1.807) is 11.8 Å². The van der Waals surface area contributed by atoms with Gasteiger partial charge in [0, 0.05) is 28.7 Å². The maximum atomic E-state index is 12.4. The summed E-state index contributed by atoms with van der Waals surface area (Å²) in [5, 5.41) is 4.05. The van der Waals surface area contributed by atoms with E-state index in [0.29, 0.717) is 11.6 Å². The summed E-state index contributed by atoms with van der Waals surface area (Å²) in [4.78, 5) is 17.2. The number of rotatable bonds is 6. The monoisotopic (exact) mass is 405 g/mol. The summed E-state index contributed by atoms with van der Waals surface area (Å²) < 4.78 is 2.45. The zero-order valence-corrected chi connectivity index (χ0v) is 17.8. The third kappa shape index (κ3) is 4.56. The molecule has 1 heterocycles. The van der Waals surface area contributed by atoms with Crippen LogP contribution < -0.4 is 5.32 Å². The molecule has 0 unspecified atom stereocenters. The second kappa shape index (κ2) is 8.87. The normalized spacial score (nSPS) is 14.3. The Morgan fingerprint density at radius 2 is 1.76 bits per heavy atom. The van der Waals surface area contributed by atoms with Crippen molar-refractivity contribution in [1.82, 2.24) is 9.55 Å². The first-order valence-electron chi connectivity index (χ1n) is 10.3. The molecule has 1 aliphatic rings. The number of benzene rings is 2. The number of nitrogens with one attached hydrogen (secondary N) is 1. The molecule has 150 valence electrons. The van der Waals surface area contributed by atoms with E-state index in [2.05, 4.69) is 23.7 Å². The largest absolute Gasteiger partial charge is 0.322 e. The van der Waals surface area contributed by atoms with Crippen LogP contribution in [0.5, 0.6) is 0 Å². The lowest BCUT2D eigenvalue weighted by atomic mass is 10.1. The first-order chi connectivity index (χ1) is 14.1. The first-order valence-corrected chi connectivity index (χ1v) is 11.2. The molecule has 0 spiro atoms. The molecule has 29 heavy (non-hydrogen) atoms. The van der Waals surface area contributed by atoms with Crippen LogP contribution in [0.1, 0.15) is 59.0 Å². The maximum Gasteiger partial charge on any atom is 0.255 e. The number of thioether (sulfide) groups is 1. The first kappa shape index (κ1) is 19.8. The Morgan fingerprint density at radius 3 is 2.45 bits per heavy atom. The molecule has 0 radical (unpaired) electrons. The van der Waals surface area contributed by atoms with E-state index in [9.17, 15) is 4.79 Å². The van der Waals surface area contributed by atoms with Gasteiger partial charge in [-0.1, -0.05) is 54.9 Å². The average molecular weight is 406 g/mol. The zero-order valence-electron chi connectivity index (χ0n) is 17.0. The lowest BCUT2D eigenvalue weighted by molar-refractivity contribution is 0.102. The van der Waals surface area contributed by atoms with Crippen LogP contribution in [0.4, 0.5) is 5.69 Å². The fourth-order valence-electron chi connectivity index (χ4n) is 3.92. The van der Waals surface area contributed by atoms with Gasteiger partial charge in [-0.25, -0.2) is 4.98 Å². The lowest BCUT2D eigenvalue weighted by Gasteiger charge is -2.17. The molecule has 4 rings (SSSR count). The van der Waals surface area contributed by atoms with Gasteiger partial charge in [-0.3, -0.25) is 4.79 Å². The van der Waals surface area contributed by atoms with Crippen LogP contribution in [0.15, 0.2) is 59.8 Å². The Kier molecular flexibility index (Phi) is 6.05. The van der Waals surface area contributed by atoms with Gasteiger partial charge in [0.2, 0.25) is 0 Å². The molecule has 0 bridgehead atoms. The predicted molar refractivity (Wildman–Crippen MR) is 120 cm³/mol. The highest BCUT2D eigenvalue weighted by molar-refractivity contribution is 7.98. The number of carbonyl (C=O) groups is 1. The van der Waals surface area contributed by atoms with E-state index in [0.717, 1.165) is 22.3 Å². The molecule has 1 saturated carbocycles. The van der Waals surface area contributed by atoms with E-state index >= 15 is 0 Å². The number of aryl methyl sites for hydroxylation is 1. The van der Waals surface area contributed by atoms with E-state index < -0.39 is 0 Å². The highest BCUT2D eigenvalue weighted by Gasteiger charge is 2.23. The molecule has 4 nitrogen and oxygen atoms in total. The number of amides is 1. The van der Waals surface area contributed by atoms with Crippen molar-refractivity contribution in [3.05, 3.63) is 77.1 Å². The van der Waals surface area contributed by atoms with Crippen LogP contribution in [-0.2, 0) is 5.75 Å². The summed E-state index contributed by atoms with van der Waals surface area (Å²) in [6.45, 7) is 4.29. The van der Waals surface area contributed by atoms with E-state index in [1.165, 1.54) is 36.9 Å². The molecule has 1 aromatic heterocycles. The quantitative estimate of drug-likeness (QED) is 0.500. The van der Waals surface area contributed by atoms with Gasteiger partial charge in [0.25, 0.3) is 5.91 Å². The smallest absolute Gasteiger partial charge is 0.255 e. The van der Waals surface area contributed by atoms with Crippen LogP contribution in [0.2, 0.25) is 0 Å². The summed E-state index contributed by atoms with van der Waals surface area (Å²) in [6.07, 6.45) is 5.15. The summed E-state index contributed by atoms with van der Waals surface area (Å²) in [5.41, 5.74) is 5.10. The van der Waals surface area contributed by atoms with Crippen molar-refractivity contribution in [2.45, 2.75) is 56.5 Å². The fraction of sp³-hybridized carbons (Fsp3) is 0.333. The van der Waals surface area contributed by atoms with Gasteiger partial charge >= 0.3 is 0 Å². The summed E-state index contributed by atoms with van der Waals surface area (Å²) in [5.74, 6) is 0.766. The van der Waals surface area contributed by atoms with Crippen molar-refractivity contribution in [1.29, 1.82) is 0 Å². The van der Waals surface area contributed by atoms with Gasteiger partial charge < -0.3 is 9.88 Å². The van der Waals surface area contributed by atoms with Crippen LogP contribution in [0.3, 0.4) is 0 Å². The number of hydrogen-bond donors (Lipinski definition) is 1. The molecule has 5 heteroatoms. The second-order valence-corrected chi connectivity index (χ2v) is 8.62. The number of aromatic nitrogens is 2. The SMILES string of the molecule is Cc1nc(SCc2ccc(C(=O)Nc3ccccc3)cc2)n(C2CCCC2)c1C. The standard InChI is InChI=1S/C24H27N3OS/c1-17-18(2)27(22-10-6-7-11-22)24(25-17)29-16-19-12-14-20(15-13-19)23(28)26-21-8-4-3-5-9-21/h3-5,8-9,12-15,22H,6-7,10-11,16H2,1-2H3,(H,26,28). The number of anilines is 1. The summed E-state index contributed by atoms with van der Waals surface area (Å²) in [6, 6.07) is 18.0. The Labute approximate surface area is 176 Å². The van der Waals surface area contributed by atoms with E-state index in [-0.39, 0.29) is 5.91 Å². The maximum absolute atomic E-state index is 12.4. The van der Waals surface area contributed by atoms with Crippen molar-refractivity contribution >= 4 is 23.4 Å². The average Bonchev–Trinajstić information content (AvgIpc) is 3.36. The number of carbonyl (C=O) groups excluding carboxylic acids is 1. The zero-order chi connectivity index (χ0) is 20.2. The van der Waals surface area contributed by atoms with Crippen LogP contribution >= 0.6 is 11.8 Å². The van der Waals surface area contributed by atoms with Gasteiger partial charge in [0.15, 0.2) is 5.16 Å². The van der Waals surface area contributed by atoms with Crippen LogP contribution in [0.25, 0.3) is 0 Å². The number of nitrogens with zero attached hydrogens (tertiary/aromatic N) is 2. The highest BCUT2D eigenvalue weighted by Crippen LogP contribution is 2.36. The fourth-order valence-corrected chi connectivity index (χ4v) is 5.03. The minimum absolute atomic E-state index is 0.0848. The molecule has 0 atom stereocenters. The summed E-state index contributed by atoms with van der Waals surface area (Å²) in [7, 11) is 0. The number of hydrogen-bond acceptors (Lipinski definition) is 3. The van der Waals surface area contributed by atoms with Crippen LogP contribution in [0, 0.1) is 13.8 Å². The Bertz CT molecular complexity index is 973. The van der Waals surface area contributed by atoms with E-state index in [4.69, 9.17) is 4.98 Å².